The summed E-state index contributed by atoms with van der Waals surface area (Å²) in [5.74, 6) is 0.183. The van der Waals surface area contributed by atoms with Crippen LogP contribution in [0.5, 0.6) is 0 Å². The molecule has 1 atom stereocenters. The highest BCUT2D eigenvalue weighted by Crippen LogP contribution is 2.22. The maximum absolute atomic E-state index is 12.4. The average molecular weight is 353 g/mol. The van der Waals surface area contributed by atoms with Crippen molar-refractivity contribution < 1.29 is 4.79 Å². The number of nitriles is 1. The van der Waals surface area contributed by atoms with Crippen molar-refractivity contribution in [2.45, 2.75) is 25.8 Å². The van der Waals surface area contributed by atoms with Crippen molar-refractivity contribution in [1.82, 2.24) is 9.80 Å². The summed E-state index contributed by atoms with van der Waals surface area (Å²) >= 11 is 1.62. The second-order valence-corrected chi connectivity index (χ2v) is 7.33. The van der Waals surface area contributed by atoms with E-state index < -0.39 is 0 Å². The predicted octanol–water partition coefficient (Wildman–Crippen LogP) is 3.26. The van der Waals surface area contributed by atoms with Crippen molar-refractivity contribution in [3.05, 3.63) is 57.8 Å². The largest absolute Gasteiger partial charge is 0.340 e. The van der Waals surface area contributed by atoms with E-state index in [9.17, 15) is 10.1 Å². The van der Waals surface area contributed by atoms with Gasteiger partial charge < -0.3 is 4.90 Å². The Morgan fingerprint density at radius 2 is 1.92 bits per heavy atom. The highest BCUT2D eigenvalue weighted by atomic mass is 32.1. The van der Waals surface area contributed by atoms with Gasteiger partial charge in [0.05, 0.1) is 12.5 Å². The third-order valence-electron chi connectivity index (χ3n) is 4.76. The van der Waals surface area contributed by atoms with Crippen molar-refractivity contribution in [1.29, 1.82) is 5.26 Å². The standard InChI is InChI=1S/C20H23N3OS/c1-2-16-5-7-17(8-6-16)19(15-21)22-9-11-23(12-10-22)20(24)14-18-4-3-13-25-18/h3-8,13,19H,2,9-12,14H2,1H3. The molecule has 1 aliphatic rings. The Bertz CT molecular complexity index is 725. The molecule has 5 heteroatoms. The number of benzene rings is 1. The molecule has 4 nitrogen and oxygen atoms in total. The predicted molar refractivity (Wildman–Crippen MR) is 100 cm³/mol. The molecular formula is C20H23N3OS. The molecule has 1 aromatic carbocycles. The number of thiophene rings is 1. The van der Waals surface area contributed by atoms with Crippen LogP contribution in [0, 0.1) is 11.3 Å². The Labute approximate surface area is 153 Å². The molecular weight excluding hydrogens is 330 g/mol. The lowest BCUT2D eigenvalue weighted by molar-refractivity contribution is -0.132. The lowest BCUT2D eigenvalue weighted by atomic mass is 10.0. The molecule has 3 rings (SSSR count). The lowest BCUT2D eigenvalue weighted by Crippen LogP contribution is -2.49. The van der Waals surface area contributed by atoms with Crippen LogP contribution in [0.25, 0.3) is 0 Å². The molecule has 1 aromatic heterocycles. The second-order valence-electron chi connectivity index (χ2n) is 6.30. The molecule has 0 N–H and O–H groups in total. The number of carbonyl (C=O) groups is 1. The van der Waals surface area contributed by atoms with Crippen LogP contribution in [0.2, 0.25) is 0 Å². The van der Waals surface area contributed by atoms with Gasteiger partial charge in [-0.3, -0.25) is 9.69 Å². The van der Waals surface area contributed by atoms with E-state index in [4.69, 9.17) is 0 Å². The van der Waals surface area contributed by atoms with E-state index in [0.717, 1.165) is 30.0 Å². The van der Waals surface area contributed by atoms with Crippen LogP contribution < -0.4 is 0 Å². The van der Waals surface area contributed by atoms with E-state index in [-0.39, 0.29) is 11.9 Å². The van der Waals surface area contributed by atoms with Crippen LogP contribution in [0.4, 0.5) is 0 Å². The number of hydrogen-bond acceptors (Lipinski definition) is 4. The van der Waals surface area contributed by atoms with Gasteiger partial charge in [0.25, 0.3) is 0 Å². The van der Waals surface area contributed by atoms with Crippen molar-refractivity contribution in [2.24, 2.45) is 0 Å². The maximum atomic E-state index is 12.4. The molecule has 2 aromatic rings. The maximum Gasteiger partial charge on any atom is 0.227 e. The number of nitrogens with zero attached hydrogens (tertiary/aromatic N) is 3. The summed E-state index contributed by atoms with van der Waals surface area (Å²) in [5.41, 5.74) is 2.32. The summed E-state index contributed by atoms with van der Waals surface area (Å²) < 4.78 is 0. The van der Waals surface area contributed by atoms with Gasteiger partial charge in [-0.05, 0) is 29.0 Å². The van der Waals surface area contributed by atoms with Crippen molar-refractivity contribution >= 4 is 17.2 Å². The SMILES string of the molecule is CCc1ccc(C(C#N)N2CCN(C(=O)Cc3cccs3)CC2)cc1. The summed E-state index contributed by atoms with van der Waals surface area (Å²) in [5, 5.41) is 11.6. The van der Waals surface area contributed by atoms with Crippen molar-refractivity contribution in [3.8, 4) is 6.07 Å². The smallest absolute Gasteiger partial charge is 0.227 e. The summed E-state index contributed by atoms with van der Waals surface area (Å²) in [6.07, 6.45) is 1.49. The van der Waals surface area contributed by atoms with Gasteiger partial charge in [0, 0.05) is 31.1 Å². The monoisotopic (exact) mass is 353 g/mol. The average Bonchev–Trinajstić information content (AvgIpc) is 3.16. The molecule has 0 saturated carbocycles. The minimum atomic E-state index is -0.236. The number of carbonyl (C=O) groups excluding carboxylic acids is 1. The normalized spacial score (nSPS) is 16.4. The van der Waals surface area contributed by atoms with E-state index in [2.05, 4.69) is 42.2 Å². The molecule has 130 valence electrons. The molecule has 1 fully saturated rings. The van der Waals surface area contributed by atoms with Crippen LogP contribution in [0.1, 0.15) is 29.0 Å². The van der Waals surface area contributed by atoms with Crippen molar-refractivity contribution in [2.75, 3.05) is 26.2 Å². The second kappa shape index (κ2) is 8.28. The summed E-state index contributed by atoms with van der Waals surface area (Å²) in [6, 6.07) is 14.5. The zero-order valence-electron chi connectivity index (χ0n) is 14.5. The van der Waals surface area contributed by atoms with E-state index >= 15 is 0 Å². The Morgan fingerprint density at radius 3 is 2.48 bits per heavy atom. The van der Waals surface area contributed by atoms with Crippen LogP contribution in [-0.4, -0.2) is 41.9 Å². The van der Waals surface area contributed by atoms with Crippen LogP contribution >= 0.6 is 11.3 Å². The minimum absolute atomic E-state index is 0.183. The molecule has 0 aliphatic carbocycles. The first-order chi connectivity index (χ1) is 12.2. The fourth-order valence-electron chi connectivity index (χ4n) is 3.21. The third kappa shape index (κ3) is 4.28. The number of piperazine rings is 1. The van der Waals surface area contributed by atoms with E-state index in [1.54, 1.807) is 11.3 Å². The van der Waals surface area contributed by atoms with E-state index in [1.807, 2.05) is 22.4 Å². The molecule has 0 radical (unpaired) electrons. The first kappa shape index (κ1) is 17.7. The zero-order valence-corrected chi connectivity index (χ0v) is 15.3. The first-order valence-corrected chi connectivity index (χ1v) is 9.62. The highest BCUT2D eigenvalue weighted by Gasteiger charge is 2.27. The fourth-order valence-corrected chi connectivity index (χ4v) is 3.90. The number of aryl methyl sites for hydroxylation is 1. The Morgan fingerprint density at radius 1 is 1.20 bits per heavy atom. The molecule has 1 unspecified atom stereocenters. The van der Waals surface area contributed by atoms with Gasteiger partial charge in [0.1, 0.15) is 6.04 Å². The van der Waals surface area contributed by atoms with Gasteiger partial charge in [-0.15, -0.1) is 11.3 Å². The molecule has 0 spiro atoms. The Hall–Kier alpha value is -2.16. The van der Waals surface area contributed by atoms with Crippen LogP contribution in [0.15, 0.2) is 41.8 Å². The molecule has 1 aliphatic heterocycles. The number of hydrogen-bond donors (Lipinski definition) is 0. The third-order valence-corrected chi connectivity index (χ3v) is 5.64. The summed E-state index contributed by atoms with van der Waals surface area (Å²) in [4.78, 5) is 17.6. The van der Waals surface area contributed by atoms with Crippen LogP contribution in [-0.2, 0) is 17.6 Å². The minimum Gasteiger partial charge on any atom is -0.340 e. The van der Waals surface area contributed by atoms with Gasteiger partial charge >= 0.3 is 0 Å². The van der Waals surface area contributed by atoms with E-state index in [0.29, 0.717) is 19.5 Å². The molecule has 2 heterocycles. The highest BCUT2D eigenvalue weighted by molar-refractivity contribution is 7.10. The quantitative estimate of drug-likeness (QED) is 0.829. The summed E-state index contributed by atoms with van der Waals surface area (Å²) in [6.45, 7) is 4.99. The Balaban J connectivity index is 1.58. The molecule has 1 saturated heterocycles. The molecule has 0 bridgehead atoms. The Kier molecular flexibility index (Phi) is 5.85. The fraction of sp³-hybridized carbons (Fsp3) is 0.400. The van der Waals surface area contributed by atoms with Gasteiger partial charge in [-0.1, -0.05) is 37.3 Å². The number of amides is 1. The van der Waals surface area contributed by atoms with Gasteiger partial charge in [0.15, 0.2) is 0 Å². The van der Waals surface area contributed by atoms with E-state index in [1.165, 1.54) is 5.56 Å². The molecule has 25 heavy (non-hydrogen) atoms. The zero-order chi connectivity index (χ0) is 17.6. The molecule has 1 amide bonds. The number of rotatable bonds is 5. The van der Waals surface area contributed by atoms with Crippen LogP contribution in [0.3, 0.4) is 0 Å². The van der Waals surface area contributed by atoms with Gasteiger partial charge in [-0.25, -0.2) is 0 Å². The topological polar surface area (TPSA) is 47.3 Å². The van der Waals surface area contributed by atoms with Crippen molar-refractivity contribution in [3.63, 3.8) is 0 Å². The lowest BCUT2D eigenvalue weighted by Gasteiger charge is -2.37. The van der Waals surface area contributed by atoms with Gasteiger partial charge in [-0.2, -0.15) is 5.26 Å². The first-order valence-electron chi connectivity index (χ1n) is 8.74. The van der Waals surface area contributed by atoms with Gasteiger partial charge in [0.2, 0.25) is 5.91 Å². The summed E-state index contributed by atoms with van der Waals surface area (Å²) in [7, 11) is 0.